The lowest BCUT2D eigenvalue weighted by molar-refractivity contribution is -0.142. The van der Waals surface area contributed by atoms with E-state index in [9.17, 15) is 9.59 Å². The predicted molar refractivity (Wildman–Crippen MR) is 119 cm³/mol. The molecule has 0 aliphatic heterocycles. The molecule has 0 spiro atoms. The van der Waals surface area contributed by atoms with Crippen LogP contribution in [0.2, 0.25) is 0 Å². The Morgan fingerprint density at radius 3 is 2.41 bits per heavy atom. The number of rotatable bonds is 8. The number of nitrogens with zero attached hydrogens (tertiary/aromatic N) is 1. The van der Waals surface area contributed by atoms with Gasteiger partial charge in [0.25, 0.3) is 5.91 Å². The van der Waals surface area contributed by atoms with E-state index in [-0.39, 0.29) is 18.4 Å². The number of hydrogen-bond donors (Lipinski definition) is 1. The Bertz CT molecular complexity index is 865. The van der Waals surface area contributed by atoms with Gasteiger partial charge in [-0.25, -0.2) is 0 Å². The van der Waals surface area contributed by atoms with Crippen molar-refractivity contribution in [2.45, 2.75) is 47.2 Å². The Morgan fingerprint density at radius 2 is 1.79 bits per heavy atom. The van der Waals surface area contributed by atoms with E-state index < -0.39 is 6.04 Å². The monoisotopic (exact) mass is 460 g/mol. The molecule has 0 fully saturated rings. The third-order valence-electron chi connectivity index (χ3n) is 4.90. The minimum Gasteiger partial charge on any atom is -0.483 e. The maximum Gasteiger partial charge on any atom is 0.261 e. The summed E-state index contributed by atoms with van der Waals surface area (Å²) in [7, 11) is 0. The number of likely N-dealkylation sites (N-methyl/N-ethyl adjacent to an activating group) is 1. The molecule has 0 unspecified atom stereocenters. The Labute approximate surface area is 181 Å². The Balaban J connectivity index is 2.19. The number of carbonyl (C=O) groups is 2. The molecule has 6 heteroatoms. The average Bonchev–Trinajstić information content (AvgIpc) is 2.68. The summed E-state index contributed by atoms with van der Waals surface area (Å²) in [6.07, 6.45) is 0. The van der Waals surface area contributed by atoms with Gasteiger partial charge in [-0.05, 0) is 75.1 Å². The van der Waals surface area contributed by atoms with Gasteiger partial charge in [-0.1, -0.05) is 34.1 Å². The molecule has 0 heterocycles. The molecule has 0 aromatic heterocycles. The highest BCUT2D eigenvalue weighted by atomic mass is 79.9. The highest BCUT2D eigenvalue weighted by Gasteiger charge is 2.26. The number of aryl methyl sites for hydroxylation is 2. The molecule has 2 amide bonds. The van der Waals surface area contributed by atoms with Gasteiger partial charge in [-0.3, -0.25) is 9.59 Å². The molecule has 2 aromatic carbocycles. The minimum atomic E-state index is -0.602. The summed E-state index contributed by atoms with van der Waals surface area (Å²) in [6.45, 7) is 10.3. The quantitative estimate of drug-likeness (QED) is 0.638. The van der Waals surface area contributed by atoms with Gasteiger partial charge < -0.3 is 15.0 Å². The van der Waals surface area contributed by atoms with Crippen LogP contribution in [0.25, 0.3) is 0 Å². The second kappa shape index (κ2) is 10.4. The van der Waals surface area contributed by atoms with Gasteiger partial charge in [0.1, 0.15) is 11.8 Å². The second-order valence-electron chi connectivity index (χ2n) is 7.21. The molecule has 29 heavy (non-hydrogen) atoms. The van der Waals surface area contributed by atoms with Crippen molar-refractivity contribution in [3.05, 3.63) is 63.1 Å². The summed E-state index contributed by atoms with van der Waals surface area (Å²) in [6, 6.07) is 11.1. The molecule has 2 aromatic rings. The SMILES string of the molecule is CCNC(=O)[C@H](C)N(Cc1ccc(Br)cc1)C(=O)COc1cc(C)cc(C)c1C. The van der Waals surface area contributed by atoms with Crippen LogP contribution >= 0.6 is 15.9 Å². The molecule has 1 atom stereocenters. The molecule has 5 nitrogen and oxygen atoms in total. The van der Waals surface area contributed by atoms with E-state index in [1.807, 2.05) is 58.0 Å². The molecule has 0 radical (unpaired) electrons. The van der Waals surface area contributed by atoms with Crippen molar-refractivity contribution in [3.63, 3.8) is 0 Å². The third kappa shape index (κ3) is 6.32. The molecule has 0 saturated heterocycles. The topological polar surface area (TPSA) is 58.6 Å². The third-order valence-corrected chi connectivity index (χ3v) is 5.43. The second-order valence-corrected chi connectivity index (χ2v) is 8.13. The van der Waals surface area contributed by atoms with Gasteiger partial charge >= 0.3 is 0 Å². The summed E-state index contributed by atoms with van der Waals surface area (Å²) >= 11 is 3.42. The highest BCUT2D eigenvalue weighted by molar-refractivity contribution is 9.10. The van der Waals surface area contributed by atoms with E-state index in [1.165, 1.54) is 0 Å². The number of amides is 2. The maximum atomic E-state index is 13.0. The lowest BCUT2D eigenvalue weighted by Gasteiger charge is -2.28. The van der Waals surface area contributed by atoms with Crippen LogP contribution < -0.4 is 10.1 Å². The fourth-order valence-electron chi connectivity index (χ4n) is 3.06. The Morgan fingerprint density at radius 1 is 1.14 bits per heavy atom. The Hall–Kier alpha value is -2.34. The van der Waals surface area contributed by atoms with E-state index in [0.717, 1.165) is 26.7 Å². The predicted octanol–water partition coefficient (Wildman–Crippen LogP) is 4.31. The lowest BCUT2D eigenvalue weighted by atomic mass is 10.1. The van der Waals surface area contributed by atoms with Crippen molar-refractivity contribution in [1.29, 1.82) is 0 Å². The summed E-state index contributed by atoms with van der Waals surface area (Å²) < 4.78 is 6.82. The lowest BCUT2D eigenvalue weighted by Crippen LogP contribution is -2.49. The van der Waals surface area contributed by atoms with Crippen molar-refractivity contribution < 1.29 is 14.3 Å². The number of hydrogen-bond acceptors (Lipinski definition) is 3. The van der Waals surface area contributed by atoms with Crippen molar-refractivity contribution in [1.82, 2.24) is 10.2 Å². The summed E-state index contributed by atoms with van der Waals surface area (Å²) in [4.78, 5) is 27.0. The summed E-state index contributed by atoms with van der Waals surface area (Å²) in [5.74, 6) is 0.288. The standard InChI is InChI=1S/C23H29BrN2O3/c1-6-25-23(28)18(5)26(13-19-7-9-20(24)10-8-19)22(27)14-29-21-12-15(2)11-16(3)17(21)4/h7-12,18H,6,13-14H2,1-5H3,(H,25,28)/t18-/m0/s1. The van der Waals surface area contributed by atoms with Crippen molar-refractivity contribution in [2.75, 3.05) is 13.2 Å². The zero-order chi connectivity index (χ0) is 21.6. The van der Waals surface area contributed by atoms with Crippen LogP contribution in [0.4, 0.5) is 0 Å². The summed E-state index contributed by atoms with van der Waals surface area (Å²) in [5.41, 5.74) is 4.16. The maximum absolute atomic E-state index is 13.0. The molecule has 156 valence electrons. The number of nitrogens with one attached hydrogen (secondary N) is 1. The first kappa shape index (κ1) is 22.9. The molecular weight excluding hydrogens is 432 g/mol. The van der Waals surface area contributed by atoms with E-state index in [1.54, 1.807) is 11.8 Å². The van der Waals surface area contributed by atoms with Crippen molar-refractivity contribution in [2.24, 2.45) is 0 Å². The van der Waals surface area contributed by atoms with Gasteiger partial charge in [0.05, 0.1) is 0 Å². The number of ether oxygens (including phenoxy) is 1. The Kier molecular flexibility index (Phi) is 8.26. The fraction of sp³-hybridized carbons (Fsp3) is 0.391. The van der Waals surface area contributed by atoms with Gasteiger partial charge in [-0.2, -0.15) is 0 Å². The van der Waals surface area contributed by atoms with Crippen LogP contribution in [0.3, 0.4) is 0 Å². The van der Waals surface area contributed by atoms with Crippen LogP contribution in [-0.4, -0.2) is 35.9 Å². The van der Waals surface area contributed by atoms with Gasteiger partial charge in [0.2, 0.25) is 5.91 Å². The first-order valence-corrected chi connectivity index (χ1v) is 10.5. The van der Waals surface area contributed by atoms with Crippen molar-refractivity contribution in [3.8, 4) is 5.75 Å². The van der Waals surface area contributed by atoms with E-state index in [4.69, 9.17) is 4.74 Å². The number of benzene rings is 2. The molecule has 0 aliphatic rings. The van der Waals surface area contributed by atoms with Crippen LogP contribution in [0.15, 0.2) is 40.9 Å². The van der Waals surface area contributed by atoms with Crippen molar-refractivity contribution >= 4 is 27.7 Å². The molecule has 0 aliphatic carbocycles. The van der Waals surface area contributed by atoms with E-state index in [2.05, 4.69) is 27.3 Å². The first-order chi connectivity index (χ1) is 13.7. The number of halogens is 1. The van der Waals surface area contributed by atoms with Crippen LogP contribution in [0.5, 0.6) is 5.75 Å². The van der Waals surface area contributed by atoms with Crippen LogP contribution in [-0.2, 0) is 16.1 Å². The largest absolute Gasteiger partial charge is 0.483 e. The zero-order valence-electron chi connectivity index (χ0n) is 17.7. The van der Waals surface area contributed by atoms with Crippen LogP contribution in [0.1, 0.15) is 36.1 Å². The molecule has 0 saturated carbocycles. The highest BCUT2D eigenvalue weighted by Crippen LogP contribution is 2.23. The van der Waals surface area contributed by atoms with Gasteiger partial charge in [-0.15, -0.1) is 0 Å². The minimum absolute atomic E-state index is 0.121. The molecular formula is C23H29BrN2O3. The van der Waals surface area contributed by atoms with Crippen LogP contribution in [0, 0.1) is 20.8 Å². The molecule has 0 bridgehead atoms. The zero-order valence-corrected chi connectivity index (χ0v) is 19.3. The smallest absolute Gasteiger partial charge is 0.261 e. The molecule has 2 rings (SSSR count). The fourth-order valence-corrected chi connectivity index (χ4v) is 3.33. The average molecular weight is 461 g/mol. The number of carbonyl (C=O) groups excluding carboxylic acids is 2. The van der Waals surface area contributed by atoms with Gasteiger partial charge in [0.15, 0.2) is 6.61 Å². The van der Waals surface area contributed by atoms with Gasteiger partial charge in [0, 0.05) is 17.6 Å². The van der Waals surface area contributed by atoms with E-state index in [0.29, 0.717) is 18.8 Å². The normalized spacial score (nSPS) is 11.7. The summed E-state index contributed by atoms with van der Waals surface area (Å²) in [5, 5.41) is 2.79. The first-order valence-electron chi connectivity index (χ1n) is 9.75. The van der Waals surface area contributed by atoms with E-state index >= 15 is 0 Å². The molecule has 1 N–H and O–H groups in total.